The summed E-state index contributed by atoms with van der Waals surface area (Å²) in [6.45, 7) is 7.84. The van der Waals surface area contributed by atoms with Crippen LogP contribution in [0, 0.1) is 11.8 Å². The lowest BCUT2D eigenvalue weighted by Gasteiger charge is -2.40. The van der Waals surface area contributed by atoms with Crippen LogP contribution < -0.4 is 5.32 Å². The number of methoxy groups -OCH3 is 1. The molecule has 0 bridgehead atoms. The first-order valence-electron chi connectivity index (χ1n) is 7.22. The number of thiol groups is 1. The van der Waals surface area contributed by atoms with E-state index >= 15 is 0 Å². The zero-order chi connectivity index (χ0) is 15.6. The van der Waals surface area contributed by atoms with Crippen molar-refractivity contribution in [3.05, 3.63) is 0 Å². The average molecular weight is 301 g/mol. The Balaban J connectivity index is 2.81. The van der Waals surface area contributed by atoms with Crippen LogP contribution in [0.3, 0.4) is 0 Å². The van der Waals surface area contributed by atoms with Gasteiger partial charge in [0, 0.05) is 10.3 Å². The Labute approximate surface area is 127 Å². The zero-order valence-corrected chi connectivity index (χ0v) is 14.0. The second-order valence-corrected chi connectivity index (χ2v) is 7.81. The van der Waals surface area contributed by atoms with Crippen LogP contribution in [0.2, 0.25) is 0 Å². The summed E-state index contributed by atoms with van der Waals surface area (Å²) in [5.74, 6) is -0.932. The van der Waals surface area contributed by atoms with E-state index in [9.17, 15) is 9.59 Å². The predicted molar refractivity (Wildman–Crippen MR) is 82.8 cm³/mol. The van der Waals surface area contributed by atoms with Crippen molar-refractivity contribution in [2.75, 3.05) is 7.11 Å². The first-order valence-corrected chi connectivity index (χ1v) is 7.67. The summed E-state index contributed by atoms with van der Waals surface area (Å²) >= 11 is 4.55. The second-order valence-electron chi connectivity index (χ2n) is 6.69. The molecule has 1 rings (SSSR count). The van der Waals surface area contributed by atoms with Gasteiger partial charge in [0.05, 0.1) is 18.9 Å². The molecule has 1 aliphatic carbocycles. The largest absolute Gasteiger partial charge is 0.469 e. The molecule has 0 aromatic rings. The number of carbonyl (C=O) groups is 2. The maximum absolute atomic E-state index is 12.5. The molecular formula is C15H27NO3S. The molecule has 0 spiro atoms. The Kier molecular flexibility index (Phi) is 5.53. The van der Waals surface area contributed by atoms with E-state index in [-0.39, 0.29) is 28.5 Å². The van der Waals surface area contributed by atoms with Crippen molar-refractivity contribution in [1.82, 2.24) is 5.32 Å². The highest BCUT2D eigenvalue weighted by Gasteiger charge is 2.41. The topological polar surface area (TPSA) is 55.4 Å². The summed E-state index contributed by atoms with van der Waals surface area (Å²) in [7, 11) is 1.38. The van der Waals surface area contributed by atoms with Gasteiger partial charge in [0.2, 0.25) is 5.91 Å². The van der Waals surface area contributed by atoms with Crippen molar-refractivity contribution in [2.45, 2.75) is 63.7 Å². The standard InChI is InChI=1S/C15H27NO3S/c1-14(2,15(3,4)20)16-12(17)10-8-6-7-9-11(10)13(18)19-5/h10-11,20H,6-9H2,1-5H3,(H,16,17). The third kappa shape index (κ3) is 3.90. The SMILES string of the molecule is COC(=O)C1CCCCC1C(=O)NC(C)(C)C(C)(C)S. The van der Waals surface area contributed by atoms with E-state index in [2.05, 4.69) is 17.9 Å². The lowest BCUT2D eigenvalue weighted by molar-refractivity contribution is -0.152. The normalized spacial score (nSPS) is 24.1. The number of amides is 1. The molecular weight excluding hydrogens is 274 g/mol. The monoisotopic (exact) mass is 301 g/mol. The van der Waals surface area contributed by atoms with Crippen molar-refractivity contribution in [3.63, 3.8) is 0 Å². The third-order valence-electron chi connectivity index (χ3n) is 4.57. The Morgan fingerprint density at radius 3 is 2.05 bits per heavy atom. The molecule has 5 heteroatoms. The fourth-order valence-electron chi connectivity index (χ4n) is 2.43. The number of carbonyl (C=O) groups excluding carboxylic acids is 2. The van der Waals surface area contributed by atoms with Crippen LogP contribution in [-0.2, 0) is 14.3 Å². The molecule has 1 saturated carbocycles. The number of ether oxygens (including phenoxy) is 1. The minimum Gasteiger partial charge on any atom is -0.469 e. The molecule has 2 unspecified atom stereocenters. The molecule has 0 aromatic heterocycles. The van der Waals surface area contributed by atoms with Crippen molar-refractivity contribution in [1.29, 1.82) is 0 Å². The fourth-order valence-corrected chi connectivity index (χ4v) is 2.49. The molecule has 4 nitrogen and oxygen atoms in total. The number of hydrogen-bond donors (Lipinski definition) is 2. The average Bonchev–Trinajstić information content (AvgIpc) is 2.36. The third-order valence-corrected chi connectivity index (χ3v) is 5.13. The molecule has 116 valence electrons. The fraction of sp³-hybridized carbons (Fsp3) is 0.867. The maximum Gasteiger partial charge on any atom is 0.309 e. The lowest BCUT2D eigenvalue weighted by Crippen LogP contribution is -2.57. The number of rotatable bonds is 4. The van der Waals surface area contributed by atoms with Crippen molar-refractivity contribution in [3.8, 4) is 0 Å². The Hall–Kier alpha value is -0.710. The Morgan fingerprint density at radius 2 is 1.60 bits per heavy atom. The van der Waals surface area contributed by atoms with Gasteiger partial charge in [-0.1, -0.05) is 12.8 Å². The zero-order valence-electron chi connectivity index (χ0n) is 13.2. The number of nitrogens with one attached hydrogen (secondary N) is 1. The second kappa shape index (κ2) is 6.37. The van der Waals surface area contributed by atoms with E-state index < -0.39 is 5.54 Å². The van der Waals surface area contributed by atoms with Crippen molar-refractivity contribution in [2.24, 2.45) is 11.8 Å². The molecule has 0 aromatic carbocycles. The van der Waals surface area contributed by atoms with Gasteiger partial charge >= 0.3 is 5.97 Å². The summed E-state index contributed by atoms with van der Waals surface area (Å²) in [5, 5.41) is 3.05. The molecule has 2 atom stereocenters. The first-order chi connectivity index (χ1) is 9.10. The maximum atomic E-state index is 12.5. The van der Waals surface area contributed by atoms with E-state index in [1.807, 2.05) is 27.7 Å². The van der Waals surface area contributed by atoms with E-state index in [0.717, 1.165) is 25.7 Å². The van der Waals surface area contributed by atoms with Crippen LogP contribution in [0.15, 0.2) is 0 Å². The van der Waals surface area contributed by atoms with E-state index in [0.29, 0.717) is 0 Å². The van der Waals surface area contributed by atoms with Crippen LogP contribution >= 0.6 is 12.6 Å². The van der Waals surface area contributed by atoms with Gasteiger partial charge in [-0.25, -0.2) is 0 Å². The van der Waals surface area contributed by atoms with Gasteiger partial charge in [0.1, 0.15) is 0 Å². The van der Waals surface area contributed by atoms with Crippen LogP contribution in [0.25, 0.3) is 0 Å². The van der Waals surface area contributed by atoms with Crippen molar-refractivity contribution >= 4 is 24.5 Å². The van der Waals surface area contributed by atoms with Gasteiger partial charge < -0.3 is 10.1 Å². The Morgan fingerprint density at radius 1 is 1.10 bits per heavy atom. The van der Waals surface area contributed by atoms with Gasteiger partial charge in [0.15, 0.2) is 0 Å². The quantitative estimate of drug-likeness (QED) is 0.620. The molecule has 20 heavy (non-hydrogen) atoms. The summed E-state index contributed by atoms with van der Waals surface area (Å²) in [6, 6.07) is 0. The highest BCUT2D eigenvalue weighted by molar-refractivity contribution is 7.81. The van der Waals surface area contributed by atoms with Crippen LogP contribution in [-0.4, -0.2) is 29.3 Å². The summed E-state index contributed by atoms with van der Waals surface area (Å²) in [5.41, 5.74) is -0.453. The summed E-state index contributed by atoms with van der Waals surface area (Å²) < 4.78 is 4.48. The van der Waals surface area contributed by atoms with Gasteiger partial charge in [0.25, 0.3) is 0 Å². The molecule has 1 fully saturated rings. The Bertz CT molecular complexity index is 374. The molecule has 1 aliphatic rings. The van der Waals surface area contributed by atoms with E-state index in [1.165, 1.54) is 7.11 Å². The number of esters is 1. The smallest absolute Gasteiger partial charge is 0.309 e. The molecule has 0 saturated heterocycles. The molecule has 0 radical (unpaired) electrons. The highest BCUT2D eigenvalue weighted by Crippen LogP contribution is 2.33. The molecule has 0 aliphatic heterocycles. The number of hydrogen-bond acceptors (Lipinski definition) is 4. The van der Waals surface area contributed by atoms with Crippen LogP contribution in [0.5, 0.6) is 0 Å². The summed E-state index contributed by atoms with van der Waals surface area (Å²) in [6.07, 6.45) is 3.44. The first kappa shape index (κ1) is 17.3. The highest BCUT2D eigenvalue weighted by atomic mass is 32.1. The van der Waals surface area contributed by atoms with E-state index in [4.69, 9.17) is 4.74 Å². The van der Waals surface area contributed by atoms with Gasteiger partial charge in [-0.15, -0.1) is 0 Å². The lowest BCUT2D eigenvalue weighted by atomic mass is 9.78. The molecule has 0 heterocycles. The predicted octanol–water partition coefficient (Wildman–Crippen LogP) is 2.57. The van der Waals surface area contributed by atoms with E-state index in [1.54, 1.807) is 0 Å². The van der Waals surface area contributed by atoms with Gasteiger partial charge in [-0.2, -0.15) is 12.6 Å². The summed E-state index contributed by atoms with van der Waals surface area (Å²) in [4.78, 5) is 24.4. The van der Waals surface area contributed by atoms with Crippen molar-refractivity contribution < 1.29 is 14.3 Å². The van der Waals surface area contributed by atoms with Crippen LogP contribution in [0.1, 0.15) is 53.4 Å². The minimum absolute atomic E-state index is 0.0628. The molecule has 1 N–H and O–H groups in total. The molecule has 1 amide bonds. The van der Waals surface area contributed by atoms with Crippen LogP contribution in [0.4, 0.5) is 0 Å². The minimum atomic E-state index is -0.453. The van der Waals surface area contributed by atoms with Gasteiger partial charge in [-0.05, 0) is 40.5 Å². The van der Waals surface area contributed by atoms with Gasteiger partial charge in [-0.3, -0.25) is 9.59 Å².